The van der Waals surface area contributed by atoms with Gasteiger partial charge in [0.15, 0.2) is 0 Å². The Labute approximate surface area is 105 Å². The third-order valence-corrected chi connectivity index (χ3v) is 3.26. The number of hydrogen-bond donors (Lipinski definition) is 2. The highest BCUT2D eigenvalue weighted by atomic mass is 32.1. The topological polar surface area (TPSA) is 74.6 Å². The molecule has 0 spiro atoms. The Morgan fingerprint density at radius 1 is 1.06 bits per heavy atom. The molecule has 0 saturated carbocycles. The van der Waals surface area contributed by atoms with E-state index in [1.807, 2.05) is 0 Å². The van der Waals surface area contributed by atoms with E-state index in [2.05, 4.69) is 0 Å². The molecule has 0 saturated heterocycles. The van der Waals surface area contributed by atoms with Crippen LogP contribution in [0.25, 0.3) is 11.1 Å². The molecule has 92 valence electrons. The number of hydrogen-bond acceptors (Lipinski definition) is 3. The average molecular weight is 266 g/mol. The van der Waals surface area contributed by atoms with Crippen molar-refractivity contribution in [2.45, 2.75) is 0 Å². The summed E-state index contributed by atoms with van der Waals surface area (Å²) in [6.07, 6.45) is 0. The number of halogens is 1. The van der Waals surface area contributed by atoms with Gasteiger partial charge in [-0.05, 0) is 34.7 Å². The van der Waals surface area contributed by atoms with E-state index >= 15 is 0 Å². The lowest BCUT2D eigenvalue weighted by atomic mass is 10.1. The number of carboxylic acid groups (broad SMARTS) is 2. The fraction of sp³-hybridized carbons (Fsp3) is 0. The van der Waals surface area contributed by atoms with Crippen molar-refractivity contribution in [2.75, 3.05) is 0 Å². The SMILES string of the molecule is O=C(O)c1cc(-c2ccc(C(=O)O)c(F)c2)cs1. The zero-order chi connectivity index (χ0) is 13.3. The first kappa shape index (κ1) is 12.3. The summed E-state index contributed by atoms with van der Waals surface area (Å²) in [6.45, 7) is 0. The van der Waals surface area contributed by atoms with Gasteiger partial charge in [0.05, 0.1) is 5.56 Å². The number of rotatable bonds is 3. The fourth-order valence-electron chi connectivity index (χ4n) is 1.47. The van der Waals surface area contributed by atoms with Crippen LogP contribution in [-0.4, -0.2) is 22.2 Å². The average Bonchev–Trinajstić information content (AvgIpc) is 2.77. The van der Waals surface area contributed by atoms with Gasteiger partial charge < -0.3 is 10.2 Å². The highest BCUT2D eigenvalue weighted by molar-refractivity contribution is 7.12. The molecule has 4 nitrogen and oxygen atoms in total. The van der Waals surface area contributed by atoms with Crippen molar-refractivity contribution in [2.24, 2.45) is 0 Å². The van der Waals surface area contributed by atoms with E-state index in [1.165, 1.54) is 12.1 Å². The molecule has 0 atom stereocenters. The van der Waals surface area contributed by atoms with Crippen LogP contribution in [0, 0.1) is 5.82 Å². The van der Waals surface area contributed by atoms with Crippen molar-refractivity contribution in [3.8, 4) is 11.1 Å². The van der Waals surface area contributed by atoms with Crippen molar-refractivity contribution in [1.82, 2.24) is 0 Å². The van der Waals surface area contributed by atoms with Crippen molar-refractivity contribution in [3.63, 3.8) is 0 Å². The zero-order valence-corrected chi connectivity index (χ0v) is 9.70. The molecule has 6 heteroatoms. The van der Waals surface area contributed by atoms with Gasteiger partial charge in [0.25, 0.3) is 0 Å². The summed E-state index contributed by atoms with van der Waals surface area (Å²) in [5.41, 5.74) is 0.585. The van der Waals surface area contributed by atoms with E-state index in [-0.39, 0.29) is 4.88 Å². The summed E-state index contributed by atoms with van der Waals surface area (Å²) in [4.78, 5) is 21.5. The summed E-state index contributed by atoms with van der Waals surface area (Å²) < 4.78 is 13.5. The predicted octanol–water partition coefficient (Wildman–Crippen LogP) is 2.95. The predicted molar refractivity (Wildman–Crippen MR) is 63.6 cm³/mol. The second-order valence-electron chi connectivity index (χ2n) is 3.50. The molecule has 0 fully saturated rings. The van der Waals surface area contributed by atoms with Gasteiger partial charge >= 0.3 is 11.9 Å². The number of carbonyl (C=O) groups is 2. The van der Waals surface area contributed by atoms with Gasteiger partial charge in [0, 0.05) is 0 Å². The van der Waals surface area contributed by atoms with Crippen molar-refractivity contribution >= 4 is 23.3 Å². The first-order chi connectivity index (χ1) is 8.49. The van der Waals surface area contributed by atoms with Gasteiger partial charge in [-0.2, -0.15) is 0 Å². The molecule has 0 aliphatic rings. The van der Waals surface area contributed by atoms with E-state index in [9.17, 15) is 14.0 Å². The quantitative estimate of drug-likeness (QED) is 0.895. The Morgan fingerprint density at radius 2 is 1.78 bits per heavy atom. The Hall–Kier alpha value is -2.21. The van der Waals surface area contributed by atoms with Gasteiger partial charge in [0.2, 0.25) is 0 Å². The Balaban J connectivity index is 2.42. The van der Waals surface area contributed by atoms with Crippen molar-refractivity contribution in [1.29, 1.82) is 0 Å². The van der Waals surface area contributed by atoms with Crippen LogP contribution < -0.4 is 0 Å². The maximum atomic E-state index is 13.5. The van der Waals surface area contributed by atoms with Gasteiger partial charge in [0.1, 0.15) is 10.7 Å². The molecule has 1 aromatic heterocycles. The van der Waals surface area contributed by atoms with E-state index in [0.717, 1.165) is 23.5 Å². The summed E-state index contributed by atoms with van der Waals surface area (Å²) in [5.74, 6) is -3.23. The van der Waals surface area contributed by atoms with Crippen LogP contribution in [0.5, 0.6) is 0 Å². The van der Waals surface area contributed by atoms with Crippen LogP contribution in [0.3, 0.4) is 0 Å². The number of carboxylic acids is 2. The normalized spacial score (nSPS) is 10.3. The standard InChI is InChI=1S/C12H7FO4S/c13-9-3-6(1-2-8(9)11(14)15)7-4-10(12(16)17)18-5-7/h1-5H,(H,14,15)(H,16,17). The fourth-order valence-corrected chi connectivity index (χ4v) is 2.22. The lowest BCUT2D eigenvalue weighted by Crippen LogP contribution is -2.00. The molecular weight excluding hydrogens is 259 g/mol. The molecule has 0 bridgehead atoms. The van der Waals surface area contributed by atoms with E-state index in [4.69, 9.17) is 10.2 Å². The number of benzene rings is 1. The maximum Gasteiger partial charge on any atom is 0.345 e. The highest BCUT2D eigenvalue weighted by Gasteiger charge is 2.13. The van der Waals surface area contributed by atoms with Crippen LogP contribution >= 0.6 is 11.3 Å². The lowest BCUT2D eigenvalue weighted by molar-refractivity contribution is 0.0685. The highest BCUT2D eigenvalue weighted by Crippen LogP contribution is 2.27. The lowest BCUT2D eigenvalue weighted by Gasteiger charge is -2.01. The molecule has 0 aliphatic heterocycles. The summed E-state index contributed by atoms with van der Waals surface area (Å²) in [6, 6.07) is 5.10. The van der Waals surface area contributed by atoms with Gasteiger partial charge in [-0.1, -0.05) is 6.07 Å². The van der Waals surface area contributed by atoms with Crippen LogP contribution in [-0.2, 0) is 0 Å². The second kappa shape index (κ2) is 4.58. The molecule has 0 radical (unpaired) electrons. The van der Waals surface area contributed by atoms with Gasteiger partial charge in [-0.25, -0.2) is 14.0 Å². The van der Waals surface area contributed by atoms with Crippen LogP contribution in [0.4, 0.5) is 4.39 Å². The third kappa shape index (κ3) is 2.23. The van der Waals surface area contributed by atoms with E-state index in [1.54, 1.807) is 5.38 Å². The summed E-state index contributed by atoms with van der Waals surface area (Å²) in [7, 11) is 0. The Kier molecular flexibility index (Phi) is 3.12. The summed E-state index contributed by atoms with van der Waals surface area (Å²) in [5, 5.41) is 19.0. The molecule has 1 aromatic carbocycles. The largest absolute Gasteiger partial charge is 0.478 e. The molecule has 2 aromatic rings. The van der Waals surface area contributed by atoms with E-state index < -0.39 is 23.3 Å². The number of thiophene rings is 1. The first-order valence-electron chi connectivity index (χ1n) is 4.84. The first-order valence-corrected chi connectivity index (χ1v) is 5.72. The van der Waals surface area contributed by atoms with E-state index in [0.29, 0.717) is 11.1 Å². The maximum absolute atomic E-state index is 13.5. The molecular formula is C12H7FO4S. The van der Waals surface area contributed by atoms with Gasteiger partial charge in [-0.3, -0.25) is 0 Å². The minimum absolute atomic E-state index is 0.146. The second-order valence-corrected chi connectivity index (χ2v) is 4.42. The van der Waals surface area contributed by atoms with Crippen LogP contribution in [0.15, 0.2) is 29.6 Å². The summed E-state index contributed by atoms with van der Waals surface area (Å²) >= 11 is 1.03. The minimum atomic E-state index is -1.34. The molecule has 18 heavy (non-hydrogen) atoms. The molecule has 2 N–H and O–H groups in total. The van der Waals surface area contributed by atoms with Crippen LogP contribution in [0.2, 0.25) is 0 Å². The molecule has 2 rings (SSSR count). The van der Waals surface area contributed by atoms with Crippen molar-refractivity contribution in [3.05, 3.63) is 45.9 Å². The molecule has 0 aliphatic carbocycles. The van der Waals surface area contributed by atoms with Crippen LogP contribution in [0.1, 0.15) is 20.0 Å². The van der Waals surface area contributed by atoms with Crippen molar-refractivity contribution < 1.29 is 24.2 Å². The molecule has 0 amide bonds. The Bertz CT molecular complexity index is 633. The third-order valence-electron chi connectivity index (χ3n) is 2.34. The molecule has 1 heterocycles. The minimum Gasteiger partial charge on any atom is -0.478 e. The monoisotopic (exact) mass is 266 g/mol. The number of aromatic carboxylic acids is 2. The Morgan fingerprint density at radius 3 is 2.28 bits per heavy atom. The molecule has 0 unspecified atom stereocenters. The zero-order valence-electron chi connectivity index (χ0n) is 8.88. The van der Waals surface area contributed by atoms with Gasteiger partial charge in [-0.15, -0.1) is 11.3 Å². The smallest absolute Gasteiger partial charge is 0.345 e.